The monoisotopic (exact) mass is 454 g/mol. The SMILES string of the molecule is Cc1onc([C@@H](Cc2ccccc2)NS(=O)(=O)c2ccc(Cl)cc2)c1Br. The van der Waals surface area contributed by atoms with Gasteiger partial charge in [0.25, 0.3) is 0 Å². The molecule has 2 aromatic carbocycles. The summed E-state index contributed by atoms with van der Waals surface area (Å²) in [5.41, 5.74) is 1.48. The van der Waals surface area contributed by atoms with Crippen LogP contribution < -0.4 is 4.72 Å². The molecular formula is C18H16BrClN2O3S. The van der Waals surface area contributed by atoms with Gasteiger partial charge >= 0.3 is 0 Å². The number of halogens is 2. The minimum Gasteiger partial charge on any atom is -0.360 e. The van der Waals surface area contributed by atoms with Gasteiger partial charge in [0.05, 0.1) is 15.4 Å². The molecule has 0 aliphatic carbocycles. The zero-order valence-electron chi connectivity index (χ0n) is 13.8. The molecule has 1 N–H and O–H groups in total. The zero-order chi connectivity index (χ0) is 18.7. The van der Waals surface area contributed by atoms with E-state index < -0.39 is 16.1 Å². The van der Waals surface area contributed by atoms with Crippen molar-refractivity contribution in [2.45, 2.75) is 24.3 Å². The molecule has 0 saturated carbocycles. The minimum atomic E-state index is -3.76. The molecule has 0 radical (unpaired) electrons. The first-order valence-electron chi connectivity index (χ1n) is 7.80. The lowest BCUT2D eigenvalue weighted by molar-refractivity contribution is 0.382. The highest BCUT2D eigenvalue weighted by atomic mass is 79.9. The summed E-state index contributed by atoms with van der Waals surface area (Å²) in [6.07, 6.45) is 0.429. The van der Waals surface area contributed by atoms with Crippen LogP contribution in [0.5, 0.6) is 0 Å². The predicted molar refractivity (Wildman–Crippen MR) is 104 cm³/mol. The van der Waals surface area contributed by atoms with Gasteiger partial charge in [-0.25, -0.2) is 13.1 Å². The van der Waals surface area contributed by atoms with Crippen molar-refractivity contribution in [3.63, 3.8) is 0 Å². The molecule has 1 aromatic heterocycles. The van der Waals surface area contributed by atoms with E-state index in [2.05, 4.69) is 25.8 Å². The smallest absolute Gasteiger partial charge is 0.241 e. The highest BCUT2D eigenvalue weighted by Crippen LogP contribution is 2.29. The molecule has 3 aromatic rings. The van der Waals surface area contributed by atoms with Crippen LogP contribution in [0.1, 0.15) is 23.1 Å². The molecule has 0 unspecified atom stereocenters. The lowest BCUT2D eigenvalue weighted by Crippen LogP contribution is -2.30. The van der Waals surface area contributed by atoms with Crippen LogP contribution in [0.3, 0.4) is 0 Å². The van der Waals surface area contributed by atoms with E-state index in [4.69, 9.17) is 16.1 Å². The largest absolute Gasteiger partial charge is 0.360 e. The average Bonchev–Trinajstić information content (AvgIpc) is 2.95. The summed E-state index contributed by atoms with van der Waals surface area (Å²) in [6.45, 7) is 1.76. The number of nitrogens with zero attached hydrogens (tertiary/aromatic N) is 1. The number of aryl methyl sites for hydroxylation is 1. The molecule has 0 aliphatic rings. The maximum Gasteiger partial charge on any atom is 0.241 e. The minimum absolute atomic E-state index is 0.135. The summed E-state index contributed by atoms with van der Waals surface area (Å²) >= 11 is 9.28. The quantitative estimate of drug-likeness (QED) is 0.587. The Morgan fingerprint density at radius 2 is 1.81 bits per heavy atom. The van der Waals surface area contributed by atoms with E-state index in [1.54, 1.807) is 19.1 Å². The summed E-state index contributed by atoms with van der Waals surface area (Å²) in [7, 11) is -3.76. The van der Waals surface area contributed by atoms with Gasteiger partial charge in [-0.3, -0.25) is 0 Å². The van der Waals surface area contributed by atoms with E-state index in [-0.39, 0.29) is 4.90 Å². The van der Waals surface area contributed by atoms with Gasteiger partial charge in [-0.2, -0.15) is 0 Å². The van der Waals surface area contributed by atoms with Gasteiger partial charge in [-0.15, -0.1) is 0 Å². The molecule has 136 valence electrons. The van der Waals surface area contributed by atoms with Crippen molar-refractivity contribution in [3.05, 3.63) is 81.1 Å². The molecule has 0 spiro atoms. The fourth-order valence-corrected chi connectivity index (χ4v) is 4.25. The molecule has 5 nitrogen and oxygen atoms in total. The number of hydrogen-bond acceptors (Lipinski definition) is 4. The predicted octanol–water partition coefficient (Wildman–Crippen LogP) is 4.66. The normalized spacial score (nSPS) is 12.9. The van der Waals surface area contributed by atoms with Crippen molar-refractivity contribution in [1.82, 2.24) is 9.88 Å². The highest BCUT2D eigenvalue weighted by Gasteiger charge is 2.27. The Bertz CT molecular complexity index is 989. The molecular weight excluding hydrogens is 440 g/mol. The van der Waals surface area contributed by atoms with Crippen LogP contribution in [0.4, 0.5) is 0 Å². The van der Waals surface area contributed by atoms with Crippen molar-refractivity contribution < 1.29 is 12.9 Å². The standard InChI is InChI=1S/C18H16BrClN2O3S/c1-12-17(19)18(21-25-12)16(11-13-5-3-2-4-6-13)22-26(23,24)15-9-7-14(20)8-10-15/h2-10,16,22H,11H2,1H3/t16-/m1/s1. The number of aromatic nitrogens is 1. The first kappa shape index (κ1) is 19.1. The Labute approximate surface area is 165 Å². The maximum absolute atomic E-state index is 12.8. The Hall–Kier alpha value is -1.67. The van der Waals surface area contributed by atoms with E-state index in [1.807, 2.05) is 30.3 Å². The van der Waals surface area contributed by atoms with Crippen LogP contribution >= 0.6 is 27.5 Å². The fourth-order valence-electron chi connectivity index (χ4n) is 2.51. The topological polar surface area (TPSA) is 72.2 Å². The zero-order valence-corrected chi connectivity index (χ0v) is 17.0. The Morgan fingerprint density at radius 1 is 1.15 bits per heavy atom. The molecule has 26 heavy (non-hydrogen) atoms. The van der Waals surface area contributed by atoms with E-state index in [9.17, 15) is 8.42 Å². The van der Waals surface area contributed by atoms with Gasteiger partial charge < -0.3 is 4.52 Å². The van der Waals surface area contributed by atoms with Gasteiger partial charge in [0.1, 0.15) is 11.5 Å². The third-order valence-electron chi connectivity index (χ3n) is 3.85. The van der Waals surface area contributed by atoms with Crippen LogP contribution in [0.2, 0.25) is 5.02 Å². The second-order valence-corrected chi connectivity index (χ2v) is 8.70. The number of sulfonamides is 1. The number of hydrogen-bond donors (Lipinski definition) is 1. The van der Waals surface area contributed by atoms with Crippen molar-refractivity contribution in [3.8, 4) is 0 Å². The van der Waals surface area contributed by atoms with Gasteiger partial charge in [0, 0.05) is 5.02 Å². The van der Waals surface area contributed by atoms with Crippen molar-refractivity contribution >= 4 is 37.6 Å². The molecule has 1 heterocycles. The Kier molecular flexibility index (Phi) is 5.82. The summed E-state index contributed by atoms with van der Waals surface area (Å²) in [6, 6.07) is 15.0. The molecule has 3 rings (SSSR count). The fraction of sp³-hybridized carbons (Fsp3) is 0.167. The lowest BCUT2D eigenvalue weighted by atomic mass is 10.0. The van der Waals surface area contributed by atoms with E-state index in [0.717, 1.165) is 5.56 Å². The van der Waals surface area contributed by atoms with Crippen LogP contribution in [0.15, 0.2) is 68.5 Å². The highest BCUT2D eigenvalue weighted by molar-refractivity contribution is 9.10. The molecule has 0 saturated heterocycles. The third-order valence-corrected chi connectivity index (χ3v) is 6.55. The number of nitrogens with one attached hydrogen (secondary N) is 1. The Morgan fingerprint density at radius 3 is 2.38 bits per heavy atom. The second-order valence-electron chi connectivity index (χ2n) is 5.76. The molecule has 0 aliphatic heterocycles. The number of benzene rings is 2. The summed E-state index contributed by atoms with van der Waals surface area (Å²) in [4.78, 5) is 0.135. The van der Waals surface area contributed by atoms with Crippen LogP contribution in [-0.4, -0.2) is 13.6 Å². The molecule has 0 fully saturated rings. The van der Waals surface area contributed by atoms with E-state index >= 15 is 0 Å². The summed E-state index contributed by atoms with van der Waals surface area (Å²) in [5, 5.41) is 4.51. The van der Waals surface area contributed by atoms with Gasteiger partial charge in [0.2, 0.25) is 10.0 Å². The van der Waals surface area contributed by atoms with Crippen LogP contribution in [0, 0.1) is 6.92 Å². The molecule has 1 atom stereocenters. The molecule has 0 amide bonds. The van der Waals surface area contributed by atoms with Gasteiger partial charge in [-0.05, 0) is 59.1 Å². The first-order chi connectivity index (χ1) is 12.4. The second kappa shape index (κ2) is 7.92. The summed E-state index contributed by atoms with van der Waals surface area (Å²) in [5.74, 6) is 0.587. The van der Waals surface area contributed by atoms with Crippen molar-refractivity contribution in [1.29, 1.82) is 0 Å². The van der Waals surface area contributed by atoms with Crippen molar-refractivity contribution in [2.75, 3.05) is 0 Å². The van der Waals surface area contributed by atoms with E-state index in [1.165, 1.54) is 12.1 Å². The van der Waals surface area contributed by atoms with Crippen LogP contribution in [-0.2, 0) is 16.4 Å². The third kappa shape index (κ3) is 4.35. The first-order valence-corrected chi connectivity index (χ1v) is 10.5. The molecule has 8 heteroatoms. The Balaban J connectivity index is 1.95. The maximum atomic E-state index is 12.8. The van der Waals surface area contributed by atoms with E-state index in [0.29, 0.717) is 27.4 Å². The summed E-state index contributed by atoms with van der Waals surface area (Å²) < 4.78 is 34.2. The molecule has 0 bridgehead atoms. The average molecular weight is 456 g/mol. The lowest BCUT2D eigenvalue weighted by Gasteiger charge is -2.17. The van der Waals surface area contributed by atoms with Gasteiger partial charge in [-0.1, -0.05) is 47.1 Å². The van der Waals surface area contributed by atoms with Crippen molar-refractivity contribution in [2.24, 2.45) is 0 Å². The van der Waals surface area contributed by atoms with Gasteiger partial charge in [0.15, 0.2) is 0 Å². The van der Waals surface area contributed by atoms with Crippen LogP contribution in [0.25, 0.3) is 0 Å². The number of rotatable bonds is 6.